The largest absolute Gasteiger partial charge is 0.328 e. The number of H-pyrrole nitrogens is 1. The molecule has 18 heavy (non-hydrogen) atoms. The van der Waals surface area contributed by atoms with Crippen molar-refractivity contribution in [3.63, 3.8) is 0 Å². The molecule has 1 aromatic carbocycles. The Bertz CT molecular complexity index is 771. The summed E-state index contributed by atoms with van der Waals surface area (Å²) >= 11 is 5.26. The Morgan fingerprint density at radius 3 is 2.56 bits per heavy atom. The van der Waals surface area contributed by atoms with E-state index in [2.05, 4.69) is 19.5 Å². The van der Waals surface area contributed by atoms with E-state index in [0.29, 0.717) is 4.64 Å². The van der Waals surface area contributed by atoms with Crippen LogP contribution < -0.4 is 0 Å². The minimum absolute atomic E-state index is 0.541. The summed E-state index contributed by atoms with van der Waals surface area (Å²) in [6.45, 7) is 3.86. The number of para-hydroxylation sites is 1. The Kier molecular flexibility index (Phi) is 2.48. The van der Waals surface area contributed by atoms with Crippen molar-refractivity contribution in [1.82, 2.24) is 19.5 Å². The second kappa shape index (κ2) is 4.03. The van der Waals surface area contributed by atoms with Gasteiger partial charge in [0.1, 0.15) is 22.8 Å². The molecule has 90 valence electrons. The fraction of sp³-hybridized carbons (Fsp3) is 0.154. The second-order valence-corrected chi connectivity index (χ2v) is 4.54. The minimum Gasteiger partial charge on any atom is -0.328 e. The van der Waals surface area contributed by atoms with Gasteiger partial charge in [0.2, 0.25) is 0 Å². The highest BCUT2D eigenvalue weighted by Gasteiger charge is 2.11. The number of benzene rings is 1. The second-order valence-electron chi connectivity index (χ2n) is 4.15. The van der Waals surface area contributed by atoms with Gasteiger partial charge in [-0.1, -0.05) is 30.4 Å². The van der Waals surface area contributed by atoms with Crippen LogP contribution in [0, 0.1) is 18.5 Å². The van der Waals surface area contributed by atoms with E-state index in [4.69, 9.17) is 12.2 Å². The van der Waals surface area contributed by atoms with Crippen LogP contribution >= 0.6 is 12.2 Å². The molecule has 0 fully saturated rings. The lowest BCUT2D eigenvalue weighted by Gasteiger charge is -2.06. The first-order valence-corrected chi connectivity index (χ1v) is 6.09. The maximum absolute atomic E-state index is 5.26. The molecule has 2 heterocycles. The number of nitrogens with zero attached hydrogens (tertiary/aromatic N) is 3. The molecular formula is C13H12N4S. The Hall–Kier alpha value is -2.01. The van der Waals surface area contributed by atoms with Crippen LogP contribution in [0.3, 0.4) is 0 Å². The molecule has 0 atom stereocenters. The Morgan fingerprint density at radius 2 is 1.83 bits per heavy atom. The summed E-state index contributed by atoms with van der Waals surface area (Å²) in [5, 5.41) is 0. The molecule has 5 heteroatoms. The number of rotatable bonds is 1. The molecule has 0 aliphatic carbocycles. The number of imidazole rings is 1. The highest BCUT2D eigenvalue weighted by molar-refractivity contribution is 7.71. The first kappa shape index (κ1) is 11.1. The van der Waals surface area contributed by atoms with E-state index in [-0.39, 0.29) is 0 Å². The van der Waals surface area contributed by atoms with Gasteiger partial charge in [0.05, 0.1) is 0 Å². The summed E-state index contributed by atoms with van der Waals surface area (Å²) in [5.41, 5.74) is 2.71. The van der Waals surface area contributed by atoms with Crippen molar-refractivity contribution in [2.75, 3.05) is 0 Å². The zero-order chi connectivity index (χ0) is 12.7. The third kappa shape index (κ3) is 1.64. The van der Waals surface area contributed by atoms with E-state index in [0.717, 1.165) is 28.5 Å². The van der Waals surface area contributed by atoms with Crippen LogP contribution in [-0.4, -0.2) is 19.5 Å². The van der Waals surface area contributed by atoms with Crippen LogP contribution in [0.5, 0.6) is 0 Å². The van der Waals surface area contributed by atoms with Crippen LogP contribution in [-0.2, 0) is 0 Å². The van der Waals surface area contributed by atoms with E-state index < -0.39 is 0 Å². The average molecular weight is 256 g/mol. The average Bonchev–Trinajstić information content (AvgIpc) is 2.67. The normalized spacial score (nSPS) is 11.0. The monoisotopic (exact) mass is 256 g/mol. The molecule has 3 rings (SSSR count). The lowest BCUT2D eigenvalue weighted by molar-refractivity contribution is 0.974. The van der Waals surface area contributed by atoms with Crippen LogP contribution in [0.2, 0.25) is 0 Å². The number of aromatic nitrogens is 4. The van der Waals surface area contributed by atoms with Gasteiger partial charge in [0.15, 0.2) is 4.64 Å². The molecule has 2 aromatic heterocycles. The van der Waals surface area contributed by atoms with Gasteiger partial charge in [-0.3, -0.25) is 4.57 Å². The number of aryl methyl sites for hydroxylation is 2. The van der Waals surface area contributed by atoms with Crippen molar-refractivity contribution in [1.29, 1.82) is 0 Å². The SMILES string of the molecule is Cc1nc(=S)c2nc(C)n(-c3ccccc3)c2[nH]1. The summed E-state index contributed by atoms with van der Waals surface area (Å²) in [5.74, 6) is 1.69. The Balaban J connectivity index is 2.43. The molecule has 0 saturated carbocycles. The molecule has 0 amide bonds. The standard InChI is InChI=1S/C13H12N4S/c1-8-14-12-11(13(18)15-8)16-9(2)17(12)10-6-4-3-5-7-10/h3-7H,1-2H3,(H,14,15,18). The van der Waals surface area contributed by atoms with Gasteiger partial charge in [0.25, 0.3) is 0 Å². The predicted molar refractivity (Wildman–Crippen MR) is 73.5 cm³/mol. The number of aromatic amines is 1. The van der Waals surface area contributed by atoms with Crippen molar-refractivity contribution in [2.45, 2.75) is 13.8 Å². The van der Waals surface area contributed by atoms with Gasteiger partial charge >= 0.3 is 0 Å². The first-order chi connectivity index (χ1) is 8.66. The molecule has 4 nitrogen and oxygen atoms in total. The quantitative estimate of drug-likeness (QED) is 0.680. The number of fused-ring (bicyclic) bond motifs is 1. The lowest BCUT2D eigenvalue weighted by atomic mass is 10.3. The van der Waals surface area contributed by atoms with Crippen molar-refractivity contribution in [3.05, 3.63) is 46.6 Å². The van der Waals surface area contributed by atoms with Gasteiger partial charge in [-0.15, -0.1) is 0 Å². The fourth-order valence-electron chi connectivity index (χ4n) is 2.09. The van der Waals surface area contributed by atoms with Crippen LogP contribution in [0.4, 0.5) is 0 Å². The molecule has 0 radical (unpaired) electrons. The van der Waals surface area contributed by atoms with Crippen LogP contribution in [0.15, 0.2) is 30.3 Å². The fourth-order valence-corrected chi connectivity index (χ4v) is 2.37. The van der Waals surface area contributed by atoms with E-state index >= 15 is 0 Å². The summed E-state index contributed by atoms with van der Waals surface area (Å²) < 4.78 is 2.60. The summed E-state index contributed by atoms with van der Waals surface area (Å²) in [6.07, 6.45) is 0. The van der Waals surface area contributed by atoms with Gasteiger partial charge in [-0.2, -0.15) is 0 Å². The van der Waals surface area contributed by atoms with E-state index in [1.807, 2.05) is 44.2 Å². The van der Waals surface area contributed by atoms with Gasteiger partial charge in [-0.25, -0.2) is 9.97 Å². The maximum Gasteiger partial charge on any atom is 0.157 e. The number of nitrogens with one attached hydrogen (secondary N) is 1. The van der Waals surface area contributed by atoms with E-state index in [9.17, 15) is 0 Å². The first-order valence-electron chi connectivity index (χ1n) is 5.68. The molecule has 3 aromatic rings. The van der Waals surface area contributed by atoms with Gasteiger partial charge in [-0.05, 0) is 26.0 Å². The third-order valence-electron chi connectivity index (χ3n) is 2.83. The van der Waals surface area contributed by atoms with Crippen molar-refractivity contribution < 1.29 is 0 Å². The summed E-state index contributed by atoms with van der Waals surface area (Å²) in [6, 6.07) is 10.1. The van der Waals surface area contributed by atoms with Crippen LogP contribution in [0.1, 0.15) is 11.6 Å². The molecule has 0 aliphatic rings. The van der Waals surface area contributed by atoms with Crippen LogP contribution in [0.25, 0.3) is 16.9 Å². The predicted octanol–water partition coefficient (Wildman–Crippen LogP) is 3.09. The molecule has 0 aliphatic heterocycles. The smallest absolute Gasteiger partial charge is 0.157 e. The zero-order valence-corrected chi connectivity index (χ0v) is 11.0. The maximum atomic E-state index is 5.26. The van der Waals surface area contributed by atoms with Crippen molar-refractivity contribution >= 4 is 23.4 Å². The summed E-state index contributed by atoms with van der Waals surface area (Å²) in [7, 11) is 0. The van der Waals surface area contributed by atoms with Gasteiger partial charge < -0.3 is 4.98 Å². The van der Waals surface area contributed by atoms with Crippen molar-refractivity contribution in [2.24, 2.45) is 0 Å². The highest BCUT2D eigenvalue weighted by Crippen LogP contribution is 2.19. The molecule has 1 N–H and O–H groups in total. The molecular weight excluding hydrogens is 244 g/mol. The third-order valence-corrected chi connectivity index (χ3v) is 3.12. The number of hydrogen-bond acceptors (Lipinski definition) is 3. The Labute approximate surface area is 109 Å². The molecule has 0 unspecified atom stereocenters. The Morgan fingerprint density at radius 1 is 1.11 bits per heavy atom. The topological polar surface area (TPSA) is 46.5 Å². The van der Waals surface area contributed by atoms with E-state index in [1.165, 1.54) is 0 Å². The summed E-state index contributed by atoms with van der Waals surface area (Å²) in [4.78, 5) is 12.0. The molecule has 0 bridgehead atoms. The minimum atomic E-state index is 0.541. The molecule has 0 saturated heterocycles. The molecule has 0 spiro atoms. The van der Waals surface area contributed by atoms with Gasteiger partial charge in [0, 0.05) is 5.69 Å². The zero-order valence-electron chi connectivity index (χ0n) is 10.1. The number of hydrogen-bond donors (Lipinski definition) is 1. The highest BCUT2D eigenvalue weighted by atomic mass is 32.1. The van der Waals surface area contributed by atoms with Crippen molar-refractivity contribution in [3.8, 4) is 5.69 Å². The van der Waals surface area contributed by atoms with E-state index in [1.54, 1.807) is 0 Å². The lowest BCUT2D eigenvalue weighted by Crippen LogP contribution is -1.99.